The highest BCUT2D eigenvalue weighted by Crippen LogP contribution is 2.31. The van der Waals surface area contributed by atoms with Gasteiger partial charge in [0.2, 0.25) is 0 Å². The van der Waals surface area contributed by atoms with E-state index >= 15 is 0 Å². The lowest BCUT2D eigenvalue weighted by Crippen LogP contribution is -2.37. The van der Waals surface area contributed by atoms with Crippen LogP contribution in [0.5, 0.6) is 0 Å². The highest BCUT2D eigenvalue weighted by Gasteiger charge is 2.28. The van der Waals surface area contributed by atoms with Crippen LogP contribution in [0.1, 0.15) is 54.8 Å². The number of rotatable bonds is 2. The van der Waals surface area contributed by atoms with Gasteiger partial charge in [-0.3, -0.25) is 4.79 Å². The summed E-state index contributed by atoms with van der Waals surface area (Å²) in [7, 11) is 0. The molecule has 3 heterocycles. The maximum atomic E-state index is 12.8. The molecule has 1 amide bonds. The average Bonchev–Trinajstić information content (AvgIpc) is 2.93. The van der Waals surface area contributed by atoms with Gasteiger partial charge in [0, 0.05) is 29.9 Å². The topological polar surface area (TPSA) is 32.3 Å². The third kappa shape index (κ3) is 3.61. The molecule has 0 aliphatic carbocycles. The van der Waals surface area contributed by atoms with Crippen molar-refractivity contribution >= 4 is 22.8 Å². The molecule has 3 nitrogen and oxygen atoms in total. The molecular formula is C18H26N2OS. The second-order valence-electron chi connectivity index (χ2n) is 7.23. The summed E-state index contributed by atoms with van der Waals surface area (Å²) in [5, 5.41) is 5.37. The number of nitrogens with one attached hydrogen (secondary N) is 1. The molecule has 0 radical (unpaired) electrons. The molecule has 3 rings (SSSR count). The van der Waals surface area contributed by atoms with Crippen molar-refractivity contribution in [3.05, 3.63) is 28.0 Å². The second-order valence-corrected chi connectivity index (χ2v) is 8.14. The zero-order valence-corrected chi connectivity index (χ0v) is 14.5. The molecule has 2 aliphatic heterocycles. The summed E-state index contributed by atoms with van der Waals surface area (Å²) < 4.78 is 0. The molecule has 120 valence electrons. The van der Waals surface area contributed by atoms with Crippen molar-refractivity contribution < 1.29 is 4.79 Å². The first kappa shape index (κ1) is 15.8. The minimum Gasteiger partial charge on any atom is -0.338 e. The Kier molecular flexibility index (Phi) is 4.69. The molecule has 1 saturated heterocycles. The van der Waals surface area contributed by atoms with Crippen molar-refractivity contribution in [1.82, 2.24) is 10.2 Å². The largest absolute Gasteiger partial charge is 0.338 e. The monoisotopic (exact) mass is 318 g/mol. The van der Waals surface area contributed by atoms with E-state index in [2.05, 4.69) is 36.2 Å². The van der Waals surface area contributed by atoms with Gasteiger partial charge in [0.25, 0.3) is 5.91 Å². The molecule has 1 aromatic rings. The Balaban J connectivity index is 1.74. The van der Waals surface area contributed by atoms with Crippen LogP contribution < -0.4 is 5.32 Å². The smallest absolute Gasteiger partial charge is 0.254 e. The van der Waals surface area contributed by atoms with Gasteiger partial charge in [0.15, 0.2) is 0 Å². The molecule has 0 atom stereocenters. The lowest BCUT2D eigenvalue weighted by Gasteiger charge is -2.29. The van der Waals surface area contributed by atoms with Crippen molar-refractivity contribution in [1.29, 1.82) is 0 Å². The first-order valence-corrected chi connectivity index (χ1v) is 9.21. The van der Waals surface area contributed by atoms with E-state index < -0.39 is 0 Å². The van der Waals surface area contributed by atoms with E-state index in [0.717, 1.165) is 44.6 Å². The van der Waals surface area contributed by atoms with Crippen LogP contribution in [0.3, 0.4) is 0 Å². The minimum absolute atomic E-state index is 0.215. The van der Waals surface area contributed by atoms with Crippen LogP contribution >= 0.6 is 11.3 Å². The Morgan fingerprint density at radius 2 is 2.23 bits per heavy atom. The lowest BCUT2D eigenvalue weighted by atomic mass is 9.88. The normalized spacial score (nSPS) is 22.1. The summed E-state index contributed by atoms with van der Waals surface area (Å²) in [6, 6.07) is 2.10. The number of amides is 1. The maximum Gasteiger partial charge on any atom is 0.254 e. The molecule has 0 aromatic carbocycles. The van der Waals surface area contributed by atoms with Crippen molar-refractivity contribution in [3.8, 4) is 0 Å². The highest BCUT2D eigenvalue weighted by molar-refractivity contribution is 7.11. The summed E-state index contributed by atoms with van der Waals surface area (Å²) in [5.41, 5.74) is 2.50. The Bertz CT molecular complexity index is 573. The van der Waals surface area contributed by atoms with Crippen LogP contribution in [0.15, 0.2) is 17.5 Å². The van der Waals surface area contributed by atoms with E-state index in [1.807, 2.05) is 5.38 Å². The number of carbonyl (C=O) groups excluding carboxylic acids is 1. The number of likely N-dealkylation sites (tertiary alicyclic amines) is 1. The molecule has 22 heavy (non-hydrogen) atoms. The summed E-state index contributed by atoms with van der Waals surface area (Å²) in [4.78, 5) is 16.2. The number of carbonyl (C=O) groups is 1. The molecule has 1 N–H and O–H groups in total. The van der Waals surface area contributed by atoms with Crippen molar-refractivity contribution in [2.24, 2.45) is 5.41 Å². The number of hydrogen-bond acceptors (Lipinski definition) is 3. The first-order valence-electron chi connectivity index (χ1n) is 8.33. The van der Waals surface area contributed by atoms with Crippen molar-refractivity contribution in [3.63, 3.8) is 0 Å². The zero-order chi connectivity index (χ0) is 15.6. The summed E-state index contributed by atoms with van der Waals surface area (Å²) in [6.07, 6.45) is 6.88. The van der Waals surface area contributed by atoms with Crippen LogP contribution in [0.25, 0.3) is 5.57 Å². The maximum absolute atomic E-state index is 12.8. The Labute approximate surface area is 137 Å². The summed E-state index contributed by atoms with van der Waals surface area (Å²) in [6.45, 7) is 8.31. The van der Waals surface area contributed by atoms with Gasteiger partial charge >= 0.3 is 0 Å². The highest BCUT2D eigenvalue weighted by atomic mass is 32.1. The van der Waals surface area contributed by atoms with Gasteiger partial charge in [-0.15, -0.1) is 11.3 Å². The van der Waals surface area contributed by atoms with Gasteiger partial charge in [0.05, 0.1) is 5.56 Å². The zero-order valence-electron chi connectivity index (χ0n) is 13.7. The van der Waals surface area contributed by atoms with Crippen LogP contribution in [-0.2, 0) is 0 Å². The lowest BCUT2D eigenvalue weighted by molar-refractivity contribution is 0.0707. The third-order valence-corrected chi connectivity index (χ3v) is 5.67. The minimum atomic E-state index is 0.215. The van der Waals surface area contributed by atoms with E-state index in [4.69, 9.17) is 0 Å². The van der Waals surface area contributed by atoms with E-state index in [1.165, 1.54) is 23.3 Å². The molecular weight excluding hydrogens is 292 g/mol. The Hall–Kier alpha value is -1.13. The van der Waals surface area contributed by atoms with E-state index in [1.54, 1.807) is 11.3 Å². The third-order valence-electron chi connectivity index (χ3n) is 4.66. The molecule has 0 spiro atoms. The fraction of sp³-hybridized carbons (Fsp3) is 0.611. The van der Waals surface area contributed by atoms with Gasteiger partial charge in [-0.2, -0.15) is 0 Å². The summed E-state index contributed by atoms with van der Waals surface area (Å²) in [5.74, 6) is 0.215. The predicted octanol–water partition coefficient (Wildman–Crippen LogP) is 3.78. The SMILES string of the molecule is CC1(C)CCCCN(C(=O)c2csc(C3=CCNCC3)c2)C1. The molecule has 4 heteroatoms. The van der Waals surface area contributed by atoms with E-state index in [9.17, 15) is 4.79 Å². The molecule has 0 bridgehead atoms. The fourth-order valence-corrected chi connectivity index (χ4v) is 4.35. The van der Waals surface area contributed by atoms with Gasteiger partial charge in [-0.05, 0) is 42.9 Å². The van der Waals surface area contributed by atoms with Gasteiger partial charge in [-0.25, -0.2) is 0 Å². The van der Waals surface area contributed by atoms with Gasteiger partial charge < -0.3 is 10.2 Å². The Morgan fingerprint density at radius 3 is 3.00 bits per heavy atom. The van der Waals surface area contributed by atoms with E-state index in [-0.39, 0.29) is 11.3 Å². The predicted molar refractivity (Wildman–Crippen MR) is 93.3 cm³/mol. The van der Waals surface area contributed by atoms with Gasteiger partial charge in [0.1, 0.15) is 0 Å². The van der Waals surface area contributed by atoms with Gasteiger partial charge in [-0.1, -0.05) is 26.3 Å². The first-order chi connectivity index (χ1) is 10.6. The molecule has 0 saturated carbocycles. The second kappa shape index (κ2) is 6.55. The van der Waals surface area contributed by atoms with Crippen LogP contribution in [0.2, 0.25) is 0 Å². The van der Waals surface area contributed by atoms with Crippen molar-refractivity contribution in [2.45, 2.75) is 39.5 Å². The van der Waals surface area contributed by atoms with Crippen LogP contribution in [-0.4, -0.2) is 37.0 Å². The van der Waals surface area contributed by atoms with Crippen molar-refractivity contribution in [2.75, 3.05) is 26.2 Å². The van der Waals surface area contributed by atoms with Crippen LogP contribution in [0, 0.1) is 5.41 Å². The molecule has 0 unspecified atom stereocenters. The average molecular weight is 318 g/mol. The quantitative estimate of drug-likeness (QED) is 0.900. The Morgan fingerprint density at radius 1 is 1.36 bits per heavy atom. The van der Waals surface area contributed by atoms with E-state index in [0.29, 0.717) is 0 Å². The number of thiophene rings is 1. The molecule has 1 aromatic heterocycles. The number of hydrogen-bond donors (Lipinski definition) is 1. The fourth-order valence-electron chi connectivity index (χ4n) is 3.40. The molecule has 1 fully saturated rings. The standard InChI is InChI=1S/C18H26N2OS/c1-18(2)7-3-4-10-20(13-18)17(21)15-11-16(22-12-15)14-5-8-19-9-6-14/h5,11-12,19H,3-4,6-10,13H2,1-2H3. The summed E-state index contributed by atoms with van der Waals surface area (Å²) >= 11 is 1.71. The number of nitrogens with zero attached hydrogens (tertiary/aromatic N) is 1. The molecule has 2 aliphatic rings. The van der Waals surface area contributed by atoms with Crippen LogP contribution in [0.4, 0.5) is 0 Å².